The SMILES string of the molecule is Cn1cnc(CN2CCC(Br)C2=O)n1. The van der Waals surface area contributed by atoms with Crippen LogP contribution in [0.2, 0.25) is 0 Å². The van der Waals surface area contributed by atoms with Crippen molar-refractivity contribution in [1.29, 1.82) is 0 Å². The van der Waals surface area contributed by atoms with Crippen molar-refractivity contribution in [2.75, 3.05) is 6.54 Å². The van der Waals surface area contributed by atoms with Crippen LogP contribution in [0.3, 0.4) is 0 Å². The molecule has 0 radical (unpaired) electrons. The molecule has 1 atom stereocenters. The van der Waals surface area contributed by atoms with Crippen molar-refractivity contribution in [1.82, 2.24) is 19.7 Å². The zero-order valence-electron chi connectivity index (χ0n) is 7.85. The van der Waals surface area contributed by atoms with Gasteiger partial charge in [0.1, 0.15) is 6.33 Å². The molecule has 2 heterocycles. The molecule has 1 unspecified atom stereocenters. The molecule has 1 fully saturated rings. The third kappa shape index (κ3) is 1.79. The van der Waals surface area contributed by atoms with E-state index >= 15 is 0 Å². The van der Waals surface area contributed by atoms with Crippen LogP contribution < -0.4 is 0 Å². The number of amides is 1. The van der Waals surface area contributed by atoms with Gasteiger partial charge in [-0.1, -0.05) is 15.9 Å². The first-order chi connectivity index (χ1) is 6.66. The van der Waals surface area contributed by atoms with E-state index in [1.54, 1.807) is 15.9 Å². The Bertz CT molecular complexity index is 351. The molecule has 0 bridgehead atoms. The number of nitrogens with zero attached hydrogens (tertiary/aromatic N) is 4. The number of hydrogen-bond acceptors (Lipinski definition) is 3. The standard InChI is InChI=1S/C8H11BrN4O/c1-12-5-10-7(11-12)4-13-3-2-6(9)8(13)14/h5-6H,2-4H2,1H3. The van der Waals surface area contributed by atoms with Crippen molar-refractivity contribution < 1.29 is 4.79 Å². The smallest absolute Gasteiger partial charge is 0.236 e. The molecule has 6 heteroatoms. The molecule has 0 aliphatic carbocycles. The number of rotatable bonds is 2. The van der Waals surface area contributed by atoms with Gasteiger partial charge in [-0.05, 0) is 6.42 Å². The van der Waals surface area contributed by atoms with Gasteiger partial charge in [0.25, 0.3) is 0 Å². The Kier molecular flexibility index (Phi) is 2.54. The van der Waals surface area contributed by atoms with Crippen molar-refractivity contribution in [3.63, 3.8) is 0 Å². The van der Waals surface area contributed by atoms with Crippen molar-refractivity contribution in [2.45, 2.75) is 17.8 Å². The Balaban J connectivity index is 2.02. The number of halogens is 1. The van der Waals surface area contributed by atoms with E-state index in [2.05, 4.69) is 26.0 Å². The summed E-state index contributed by atoms with van der Waals surface area (Å²) in [4.78, 5) is 17.4. The van der Waals surface area contributed by atoms with Crippen LogP contribution in [0.25, 0.3) is 0 Å². The molecule has 14 heavy (non-hydrogen) atoms. The first-order valence-corrected chi connectivity index (χ1v) is 5.36. The van der Waals surface area contributed by atoms with E-state index in [1.165, 1.54) is 0 Å². The van der Waals surface area contributed by atoms with Gasteiger partial charge in [0.05, 0.1) is 11.4 Å². The first kappa shape index (κ1) is 9.64. The number of alkyl halides is 1. The number of likely N-dealkylation sites (tertiary alicyclic amines) is 1. The normalized spacial score (nSPS) is 22.0. The zero-order valence-corrected chi connectivity index (χ0v) is 9.44. The van der Waals surface area contributed by atoms with Gasteiger partial charge >= 0.3 is 0 Å². The second kappa shape index (κ2) is 3.68. The van der Waals surface area contributed by atoms with Gasteiger partial charge in [-0.15, -0.1) is 0 Å². The maximum Gasteiger partial charge on any atom is 0.236 e. The lowest BCUT2D eigenvalue weighted by Crippen LogP contribution is -2.27. The van der Waals surface area contributed by atoms with E-state index in [4.69, 9.17) is 0 Å². The Labute approximate surface area is 90.2 Å². The monoisotopic (exact) mass is 258 g/mol. The molecule has 76 valence electrons. The van der Waals surface area contributed by atoms with Crippen LogP contribution in [0.1, 0.15) is 12.2 Å². The highest BCUT2D eigenvalue weighted by Gasteiger charge is 2.29. The fourth-order valence-electron chi connectivity index (χ4n) is 1.49. The molecule has 0 N–H and O–H groups in total. The van der Waals surface area contributed by atoms with E-state index in [0.29, 0.717) is 12.4 Å². The van der Waals surface area contributed by atoms with Crippen molar-refractivity contribution in [2.24, 2.45) is 7.05 Å². The average Bonchev–Trinajstić information content (AvgIpc) is 2.67. The largest absolute Gasteiger partial charge is 0.334 e. The van der Waals surface area contributed by atoms with Crippen molar-refractivity contribution in [3.05, 3.63) is 12.2 Å². The van der Waals surface area contributed by atoms with E-state index in [1.807, 2.05) is 7.05 Å². The number of carbonyl (C=O) groups is 1. The quantitative estimate of drug-likeness (QED) is 0.718. The van der Waals surface area contributed by atoms with E-state index in [-0.39, 0.29) is 10.7 Å². The topological polar surface area (TPSA) is 51.0 Å². The molecule has 0 aromatic carbocycles. The molecule has 1 aliphatic rings. The molecule has 1 aromatic rings. The van der Waals surface area contributed by atoms with Crippen LogP contribution in [0.5, 0.6) is 0 Å². The zero-order chi connectivity index (χ0) is 10.1. The lowest BCUT2D eigenvalue weighted by molar-refractivity contribution is -0.127. The van der Waals surface area contributed by atoms with Crippen molar-refractivity contribution in [3.8, 4) is 0 Å². The van der Waals surface area contributed by atoms with Gasteiger partial charge in [-0.2, -0.15) is 5.10 Å². The van der Waals surface area contributed by atoms with E-state index in [9.17, 15) is 4.79 Å². The number of aromatic nitrogens is 3. The molecular formula is C8H11BrN4O. The fraction of sp³-hybridized carbons (Fsp3) is 0.625. The minimum atomic E-state index is -0.0220. The highest BCUT2D eigenvalue weighted by atomic mass is 79.9. The molecule has 0 saturated carbocycles. The molecule has 1 saturated heterocycles. The molecule has 0 spiro atoms. The maximum absolute atomic E-state index is 11.5. The predicted molar refractivity (Wildman–Crippen MR) is 53.8 cm³/mol. The molecular weight excluding hydrogens is 248 g/mol. The Morgan fingerprint density at radius 2 is 2.50 bits per heavy atom. The second-order valence-corrected chi connectivity index (χ2v) is 4.46. The second-order valence-electron chi connectivity index (χ2n) is 3.35. The molecule has 2 rings (SSSR count). The maximum atomic E-state index is 11.5. The lowest BCUT2D eigenvalue weighted by atomic mass is 10.4. The van der Waals surface area contributed by atoms with Crippen LogP contribution in [-0.4, -0.2) is 36.9 Å². The van der Waals surface area contributed by atoms with Crippen LogP contribution in [-0.2, 0) is 18.4 Å². The molecule has 1 aliphatic heterocycles. The summed E-state index contributed by atoms with van der Waals surface area (Å²) in [5.41, 5.74) is 0. The minimum absolute atomic E-state index is 0.0220. The highest BCUT2D eigenvalue weighted by molar-refractivity contribution is 9.10. The Morgan fingerprint density at radius 3 is 3.00 bits per heavy atom. The summed E-state index contributed by atoms with van der Waals surface area (Å²) in [6.45, 7) is 1.30. The van der Waals surface area contributed by atoms with Crippen LogP contribution in [0, 0.1) is 0 Å². The fourth-order valence-corrected chi connectivity index (χ4v) is 1.98. The lowest BCUT2D eigenvalue weighted by Gasteiger charge is -2.12. The van der Waals surface area contributed by atoms with Gasteiger partial charge in [0.15, 0.2) is 5.82 Å². The summed E-state index contributed by atoms with van der Waals surface area (Å²) in [6, 6.07) is 0. The van der Waals surface area contributed by atoms with Crippen molar-refractivity contribution >= 4 is 21.8 Å². The first-order valence-electron chi connectivity index (χ1n) is 4.44. The van der Waals surface area contributed by atoms with Crippen LogP contribution in [0.15, 0.2) is 6.33 Å². The van der Waals surface area contributed by atoms with Gasteiger partial charge in [-0.3, -0.25) is 9.48 Å². The summed E-state index contributed by atoms with van der Waals surface area (Å²) >= 11 is 3.33. The van der Waals surface area contributed by atoms with Crippen LogP contribution in [0.4, 0.5) is 0 Å². The summed E-state index contributed by atoms with van der Waals surface area (Å²) in [7, 11) is 1.82. The summed E-state index contributed by atoms with van der Waals surface area (Å²) in [6.07, 6.45) is 2.51. The number of hydrogen-bond donors (Lipinski definition) is 0. The predicted octanol–water partition coefficient (Wildman–Crippen LogP) is 0.311. The number of carbonyl (C=O) groups excluding carboxylic acids is 1. The average molecular weight is 259 g/mol. The third-order valence-electron chi connectivity index (χ3n) is 2.21. The summed E-state index contributed by atoms with van der Waals surface area (Å²) in [5.74, 6) is 0.833. The Hall–Kier alpha value is -0.910. The van der Waals surface area contributed by atoms with E-state index in [0.717, 1.165) is 13.0 Å². The van der Waals surface area contributed by atoms with E-state index < -0.39 is 0 Å². The van der Waals surface area contributed by atoms with Crippen LogP contribution >= 0.6 is 15.9 Å². The highest BCUT2D eigenvalue weighted by Crippen LogP contribution is 2.19. The molecule has 5 nitrogen and oxygen atoms in total. The van der Waals surface area contributed by atoms with Gasteiger partial charge in [-0.25, -0.2) is 4.98 Å². The Morgan fingerprint density at radius 1 is 1.71 bits per heavy atom. The summed E-state index contributed by atoms with van der Waals surface area (Å²) < 4.78 is 1.64. The number of aryl methyl sites for hydroxylation is 1. The molecule has 1 amide bonds. The van der Waals surface area contributed by atoms with Gasteiger partial charge < -0.3 is 4.90 Å². The van der Waals surface area contributed by atoms with Gasteiger partial charge in [0, 0.05) is 13.6 Å². The molecule has 1 aromatic heterocycles. The third-order valence-corrected chi connectivity index (χ3v) is 3.06. The summed E-state index contributed by atoms with van der Waals surface area (Å²) in [5, 5.41) is 4.13. The minimum Gasteiger partial charge on any atom is -0.334 e. The van der Waals surface area contributed by atoms with Gasteiger partial charge in [0.2, 0.25) is 5.91 Å².